The number of ether oxygens (including phenoxy) is 1. The molecule has 5 heteroatoms. The largest absolute Gasteiger partial charge is 0.497 e. The first-order chi connectivity index (χ1) is 11.2. The molecule has 2 aromatic carbocycles. The van der Waals surface area contributed by atoms with Gasteiger partial charge in [0, 0.05) is 19.2 Å². The van der Waals surface area contributed by atoms with Gasteiger partial charge in [-0.25, -0.2) is 9.37 Å². The minimum absolute atomic E-state index is 0.242. The van der Waals surface area contributed by atoms with Crippen LogP contribution in [0.25, 0.3) is 11.3 Å². The van der Waals surface area contributed by atoms with E-state index in [1.54, 1.807) is 25.4 Å². The summed E-state index contributed by atoms with van der Waals surface area (Å²) in [6.45, 7) is 0.664. The van der Waals surface area contributed by atoms with Crippen molar-refractivity contribution in [3.05, 3.63) is 66.1 Å². The number of aromatic nitrogens is 2. The molecule has 0 saturated carbocycles. The predicted molar refractivity (Wildman–Crippen MR) is 88.9 cm³/mol. The van der Waals surface area contributed by atoms with Crippen LogP contribution in [0.1, 0.15) is 5.56 Å². The summed E-state index contributed by atoms with van der Waals surface area (Å²) < 4.78 is 20.1. The number of imidazole rings is 1. The number of benzene rings is 2. The van der Waals surface area contributed by atoms with Crippen LogP contribution < -0.4 is 10.1 Å². The van der Waals surface area contributed by atoms with E-state index in [0.29, 0.717) is 6.54 Å². The third kappa shape index (κ3) is 3.34. The Labute approximate surface area is 134 Å². The van der Waals surface area contributed by atoms with Crippen molar-refractivity contribution in [3.63, 3.8) is 0 Å². The van der Waals surface area contributed by atoms with Crippen LogP contribution >= 0.6 is 0 Å². The molecular weight excluding hydrogens is 293 g/mol. The zero-order valence-electron chi connectivity index (χ0n) is 13.1. The minimum atomic E-state index is -0.242. The van der Waals surface area contributed by atoms with Crippen LogP contribution in [0.3, 0.4) is 0 Å². The number of methoxy groups -OCH3 is 1. The fourth-order valence-corrected chi connectivity index (χ4v) is 2.39. The van der Waals surface area contributed by atoms with E-state index < -0.39 is 0 Å². The molecule has 1 aromatic heterocycles. The van der Waals surface area contributed by atoms with Gasteiger partial charge in [0.1, 0.15) is 11.6 Å². The summed E-state index contributed by atoms with van der Waals surface area (Å²) >= 11 is 0. The van der Waals surface area contributed by atoms with Crippen LogP contribution in [0.4, 0.5) is 10.3 Å². The second-order valence-electron chi connectivity index (χ2n) is 5.23. The first-order valence-corrected chi connectivity index (χ1v) is 7.32. The average Bonchev–Trinajstić information content (AvgIpc) is 2.95. The first-order valence-electron chi connectivity index (χ1n) is 7.32. The van der Waals surface area contributed by atoms with Crippen molar-refractivity contribution in [2.45, 2.75) is 6.54 Å². The minimum Gasteiger partial charge on any atom is -0.497 e. The third-order valence-electron chi connectivity index (χ3n) is 3.74. The van der Waals surface area contributed by atoms with Gasteiger partial charge in [0.15, 0.2) is 0 Å². The Morgan fingerprint density at radius 2 is 1.78 bits per heavy atom. The van der Waals surface area contributed by atoms with Gasteiger partial charge in [0.25, 0.3) is 0 Å². The summed E-state index contributed by atoms with van der Waals surface area (Å²) in [6.07, 6.45) is 1.78. The molecule has 0 saturated heterocycles. The average molecular weight is 311 g/mol. The molecule has 118 valence electrons. The van der Waals surface area contributed by atoms with Gasteiger partial charge < -0.3 is 14.6 Å². The van der Waals surface area contributed by atoms with E-state index in [1.807, 2.05) is 35.9 Å². The molecule has 0 unspecified atom stereocenters. The van der Waals surface area contributed by atoms with E-state index in [4.69, 9.17) is 4.74 Å². The first kappa shape index (κ1) is 15.1. The topological polar surface area (TPSA) is 39.1 Å². The number of halogens is 1. The molecular formula is C18H18FN3O. The van der Waals surface area contributed by atoms with Gasteiger partial charge in [-0.05, 0) is 42.0 Å². The second kappa shape index (κ2) is 6.52. The standard InChI is InChI=1S/C18H18FN3O/c1-22-17(14-5-7-15(19)8-6-14)12-21-18(22)20-11-13-3-9-16(23-2)10-4-13/h3-10,12H,11H2,1-2H3,(H,20,21). The lowest BCUT2D eigenvalue weighted by Gasteiger charge is -2.09. The monoisotopic (exact) mass is 311 g/mol. The van der Waals surface area contributed by atoms with Gasteiger partial charge in [-0.1, -0.05) is 12.1 Å². The summed E-state index contributed by atoms with van der Waals surface area (Å²) in [4.78, 5) is 4.40. The van der Waals surface area contributed by atoms with Gasteiger partial charge in [0.2, 0.25) is 5.95 Å². The van der Waals surface area contributed by atoms with Crippen molar-refractivity contribution in [2.75, 3.05) is 12.4 Å². The molecule has 3 rings (SSSR count). The van der Waals surface area contributed by atoms with Crippen LogP contribution in [0, 0.1) is 5.82 Å². The summed E-state index contributed by atoms with van der Waals surface area (Å²) in [6, 6.07) is 14.3. The van der Waals surface area contributed by atoms with Crippen molar-refractivity contribution in [3.8, 4) is 17.0 Å². The molecule has 0 aliphatic carbocycles. The molecule has 4 nitrogen and oxygen atoms in total. The molecule has 0 atom stereocenters. The Balaban J connectivity index is 1.72. The van der Waals surface area contributed by atoms with E-state index in [0.717, 1.165) is 28.5 Å². The van der Waals surface area contributed by atoms with E-state index in [9.17, 15) is 4.39 Å². The Morgan fingerprint density at radius 1 is 1.09 bits per heavy atom. The highest BCUT2D eigenvalue weighted by atomic mass is 19.1. The van der Waals surface area contributed by atoms with Gasteiger partial charge >= 0.3 is 0 Å². The second-order valence-corrected chi connectivity index (χ2v) is 5.23. The zero-order chi connectivity index (χ0) is 16.2. The summed E-state index contributed by atoms with van der Waals surface area (Å²) in [5.41, 5.74) is 3.00. The lowest BCUT2D eigenvalue weighted by molar-refractivity contribution is 0.414. The molecule has 0 aliphatic rings. The van der Waals surface area contributed by atoms with E-state index in [-0.39, 0.29) is 5.82 Å². The Hall–Kier alpha value is -2.82. The number of nitrogens with zero attached hydrogens (tertiary/aromatic N) is 2. The number of rotatable bonds is 5. The number of hydrogen-bond donors (Lipinski definition) is 1. The SMILES string of the molecule is COc1ccc(CNc2ncc(-c3ccc(F)cc3)n2C)cc1. The van der Waals surface area contributed by atoms with Gasteiger partial charge in [-0.3, -0.25) is 0 Å². The summed E-state index contributed by atoms with van der Waals surface area (Å²) in [7, 11) is 3.58. The highest BCUT2D eigenvalue weighted by Crippen LogP contribution is 2.22. The molecule has 0 bridgehead atoms. The van der Waals surface area contributed by atoms with Crippen molar-refractivity contribution >= 4 is 5.95 Å². The Morgan fingerprint density at radius 3 is 2.43 bits per heavy atom. The molecule has 1 N–H and O–H groups in total. The lowest BCUT2D eigenvalue weighted by Crippen LogP contribution is -2.05. The van der Waals surface area contributed by atoms with Crippen molar-refractivity contribution in [2.24, 2.45) is 7.05 Å². The highest BCUT2D eigenvalue weighted by molar-refractivity contribution is 5.61. The van der Waals surface area contributed by atoms with E-state index >= 15 is 0 Å². The maximum absolute atomic E-state index is 13.0. The molecule has 0 spiro atoms. The number of nitrogens with one attached hydrogen (secondary N) is 1. The zero-order valence-corrected chi connectivity index (χ0v) is 13.1. The Kier molecular flexibility index (Phi) is 4.28. The summed E-state index contributed by atoms with van der Waals surface area (Å²) in [5.74, 6) is 1.36. The molecule has 3 aromatic rings. The predicted octanol–water partition coefficient (Wildman–Crippen LogP) is 3.85. The van der Waals surface area contributed by atoms with Gasteiger partial charge in [-0.15, -0.1) is 0 Å². The molecule has 0 aliphatic heterocycles. The van der Waals surface area contributed by atoms with Crippen LogP contribution in [0.15, 0.2) is 54.7 Å². The fraction of sp³-hybridized carbons (Fsp3) is 0.167. The molecule has 0 amide bonds. The van der Waals surface area contributed by atoms with Crippen LogP contribution in [-0.2, 0) is 13.6 Å². The van der Waals surface area contributed by atoms with Crippen molar-refractivity contribution < 1.29 is 9.13 Å². The maximum Gasteiger partial charge on any atom is 0.203 e. The molecule has 23 heavy (non-hydrogen) atoms. The number of hydrogen-bond acceptors (Lipinski definition) is 3. The van der Waals surface area contributed by atoms with Gasteiger partial charge in [-0.2, -0.15) is 0 Å². The lowest BCUT2D eigenvalue weighted by atomic mass is 10.2. The van der Waals surface area contributed by atoms with Crippen LogP contribution in [-0.4, -0.2) is 16.7 Å². The third-order valence-corrected chi connectivity index (χ3v) is 3.74. The van der Waals surface area contributed by atoms with E-state index in [2.05, 4.69) is 10.3 Å². The summed E-state index contributed by atoms with van der Waals surface area (Å²) in [5, 5.41) is 3.31. The van der Waals surface area contributed by atoms with E-state index in [1.165, 1.54) is 12.1 Å². The van der Waals surface area contributed by atoms with Crippen LogP contribution in [0.2, 0.25) is 0 Å². The molecule has 1 heterocycles. The smallest absolute Gasteiger partial charge is 0.203 e. The quantitative estimate of drug-likeness (QED) is 0.778. The van der Waals surface area contributed by atoms with Crippen molar-refractivity contribution in [1.29, 1.82) is 0 Å². The Bertz CT molecular complexity index is 779. The molecule has 0 fully saturated rings. The number of anilines is 1. The van der Waals surface area contributed by atoms with Crippen molar-refractivity contribution in [1.82, 2.24) is 9.55 Å². The maximum atomic E-state index is 13.0. The van der Waals surface area contributed by atoms with Crippen LogP contribution in [0.5, 0.6) is 5.75 Å². The fourth-order valence-electron chi connectivity index (χ4n) is 2.39. The molecule has 0 radical (unpaired) electrons. The normalized spacial score (nSPS) is 10.6. The van der Waals surface area contributed by atoms with Gasteiger partial charge in [0.05, 0.1) is 19.0 Å². The highest BCUT2D eigenvalue weighted by Gasteiger charge is 2.08.